The van der Waals surface area contributed by atoms with Crippen molar-refractivity contribution in [1.29, 1.82) is 0 Å². The lowest BCUT2D eigenvalue weighted by Gasteiger charge is -2.14. The Balaban J connectivity index is 1.36. The lowest BCUT2D eigenvalue weighted by molar-refractivity contribution is 0.102. The van der Waals surface area contributed by atoms with E-state index < -0.39 is 0 Å². The highest BCUT2D eigenvalue weighted by molar-refractivity contribution is 6.08. The summed E-state index contributed by atoms with van der Waals surface area (Å²) in [5, 5.41) is 7.76. The van der Waals surface area contributed by atoms with Gasteiger partial charge in [0.15, 0.2) is 0 Å². The number of carbonyl (C=O) groups excluding carboxylic acids is 1. The Morgan fingerprint density at radius 2 is 1.64 bits per heavy atom. The second kappa shape index (κ2) is 9.79. The van der Waals surface area contributed by atoms with Crippen LogP contribution in [0, 0.1) is 0 Å². The van der Waals surface area contributed by atoms with E-state index in [0.717, 1.165) is 23.4 Å². The predicted molar refractivity (Wildman–Crippen MR) is 130 cm³/mol. The summed E-state index contributed by atoms with van der Waals surface area (Å²) in [6.07, 6.45) is 7.83. The van der Waals surface area contributed by atoms with E-state index in [4.69, 9.17) is 5.10 Å². The Morgan fingerprint density at radius 3 is 2.36 bits per heavy atom. The molecular formula is C27H27N5O. The summed E-state index contributed by atoms with van der Waals surface area (Å²) in [4.78, 5) is 19.9. The minimum absolute atomic E-state index is 0.180. The molecule has 4 aromatic rings. The summed E-state index contributed by atoms with van der Waals surface area (Å²) in [7, 11) is 0. The Bertz CT molecular complexity index is 1200. The van der Waals surface area contributed by atoms with Gasteiger partial charge in [-0.2, -0.15) is 5.10 Å². The molecule has 0 saturated carbocycles. The maximum absolute atomic E-state index is 13.2. The van der Waals surface area contributed by atoms with E-state index in [0.29, 0.717) is 17.8 Å². The first kappa shape index (κ1) is 21.1. The van der Waals surface area contributed by atoms with E-state index >= 15 is 0 Å². The molecule has 33 heavy (non-hydrogen) atoms. The molecule has 0 radical (unpaired) electrons. The zero-order valence-electron chi connectivity index (χ0n) is 18.5. The third-order valence-electron chi connectivity index (χ3n) is 5.95. The van der Waals surface area contributed by atoms with Crippen LogP contribution in [0.5, 0.6) is 0 Å². The number of likely N-dealkylation sites (tertiary alicyclic amines) is 1. The highest BCUT2D eigenvalue weighted by Crippen LogP contribution is 2.23. The normalized spacial score (nSPS) is 13.8. The number of amides is 1. The summed E-state index contributed by atoms with van der Waals surface area (Å²) in [6.45, 7) is 3.89. The summed E-state index contributed by atoms with van der Waals surface area (Å²) in [5.41, 5.74) is 5.13. The van der Waals surface area contributed by atoms with Gasteiger partial charge < -0.3 is 5.32 Å². The molecule has 1 aliphatic heterocycles. The highest BCUT2D eigenvalue weighted by atomic mass is 16.1. The average Bonchev–Trinajstić information content (AvgIpc) is 3.52. The molecule has 2 aromatic heterocycles. The molecule has 1 aliphatic rings. The number of pyridine rings is 1. The highest BCUT2D eigenvalue weighted by Gasteiger charge is 2.19. The molecule has 5 rings (SSSR count). The fourth-order valence-corrected chi connectivity index (χ4v) is 4.25. The first-order valence-electron chi connectivity index (χ1n) is 11.4. The van der Waals surface area contributed by atoms with Crippen molar-refractivity contribution in [3.05, 3.63) is 102 Å². The van der Waals surface area contributed by atoms with Gasteiger partial charge in [0, 0.05) is 36.4 Å². The molecule has 1 N–H and O–H groups in total. The average molecular weight is 438 g/mol. The Hall–Kier alpha value is -3.77. The molecule has 3 heterocycles. The van der Waals surface area contributed by atoms with Crippen molar-refractivity contribution in [3.8, 4) is 11.3 Å². The van der Waals surface area contributed by atoms with Crippen LogP contribution in [0.4, 0.5) is 5.69 Å². The Labute approximate surface area is 193 Å². The van der Waals surface area contributed by atoms with Crippen LogP contribution >= 0.6 is 0 Å². The monoisotopic (exact) mass is 437 g/mol. The number of hydrogen-bond donors (Lipinski definition) is 1. The van der Waals surface area contributed by atoms with Crippen molar-refractivity contribution in [3.63, 3.8) is 0 Å². The van der Waals surface area contributed by atoms with Crippen molar-refractivity contribution < 1.29 is 4.79 Å². The molecule has 1 fully saturated rings. The van der Waals surface area contributed by atoms with Crippen molar-refractivity contribution in [2.45, 2.75) is 25.9 Å². The van der Waals surface area contributed by atoms with Gasteiger partial charge in [-0.25, -0.2) is 0 Å². The number of rotatable bonds is 7. The molecule has 0 bridgehead atoms. The van der Waals surface area contributed by atoms with Crippen LogP contribution in [0.1, 0.15) is 34.3 Å². The maximum Gasteiger partial charge on any atom is 0.259 e. The van der Waals surface area contributed by atoms with E-state index in [-0.39, 0.29) is 5.91 Å². The lowest BCUT2D eigenvalue weighted by atomic mass is 10.1. The zero-order valence-corrected chi connectivity index (χ0v) is 18.5. The van der Waals surface area contributed by atoms with Crippen LogP contribution in [0.15, 0.2) is 85.3 Å². The molecule has 2 aromatic carbocycles. The smallest absolute Gasteiger partial charge is 0.259 e. The first-order valence-corrected chi connectivity index (χ1v) is 11.4. The topological polar surface area (TPSA) is 63.1 Å². The third-order valence-corrected chi connectivity index (χ3v) is 5.95. The van der Waals surface area contributed by atoms with Crippen LogP contribution in [-0.2, 0) is 13.1 Å². The Kier molecular flexibility index (Phi) is 6.26. The molecule has 6 heteroatoms. The van der Waals surface area contributed by atoms with Crippen molar-refractivity contribution in [2.75, 3.05) is 18.4 Å². The van der Waals surface area contributed by atoms with Crippen LogP contribution in [0.25, 0.3) is 11.3 Å². The van der Waals surface area contributed by atoms with E-state index in [2.05, 4.69) is 39.5 Å². The third kappa shape index (κ3) is 5.18. The SMILES string of the molecule is O=C(Nc1ccc(CN2CCCC2)cc1)c1cn(Cc2ccccc2)nc1-c1cccnc1. The molecule has 0 aliphatic carbocycles. The molecule has 0 unspecified atom stereocenters. The van der Waals surface area contributed by atoms with Gasteiger partial charge in [-0.15, -0.1) is 0 Å². The number of anilines is 1. The minimum atomic E-state index is -0.180. The molecule has 166 valence electrons. The Morgan fingerprint density at radius 1 is 0.879 bits per heavy atom. The zero-order chi connectivity index (χ0) is 22.5. The molecule has 1 saturated heterocycles. The number of nitrogens with one attached hydrogen (secondary N) is 1. The van der Waals surface area contributed by atoms with Crippen LogP contribution in [0.2, 0.25) is 0 Å². The number of benzene rings is 2. The van der Waals surface area contributed by atoms with E-state index in [1.165, 1.54) is 31.5 Å². The van der Waals surface area contributed by atoms with Gasteiger partial charge in [-0.1, -0.05) is 42.5 Å². The lowest BCUT2D eigenvalue weighted by Crippen LogP contribution is -2.18. The fraction of sp³-hybridized carbons (Fsp3) is 0.222. The van der Waals surface area contributed by atoms with Gasteiger partial charge in [0.25, 0.3) is 5.91 Å². The van der Waals surface area contributed by atoms with Gasteiger partial charge in [0.1, 0.15) is 5.69 Å². The van der Waals surface area contributed by atoms with Gasteiger partial charge in [0.05, 0.1) is 12.1 Å². The minimum Gasteiger partial charge on any atom is -0.322 e. The number of carbonyl (C=O) groups is 1. The van der Waals surface area contributed by atoms with Gasteiger partial charge in [0.2, 0.25) is 0 Å². The van der Waals surface area contributed by atoms with E-state index in [1.54, 1.807) is 12.4 Å². The van der Waals surface area contributed by atoms with Gasteiger partial charge in [-0.05, 0) is 61.3 Å². The standard InChI is InChI=1S/C27H27N5O/c33-27(29-24-12-10-22(11-13-24)18-31-15-4-5-16-31)25-20-32(19-21-7-2-1-3-8-21)30-26(25)23-9-6-14-28-17-23/h1-3,6-14,17,20H,4-5,15-16,18-19H2,(H,29,33). The summed E-state index contributed by atoms with van der Waals surface area (Å²) >= 11 is 0. The summed E-state index contributed by atoms with van der Waals surface area (Å²) in [6, 6.07) is 22.0. The quantitative estimate of drug-likeness (QED) is 0.449. The molecule has 6 nitrogen and oxygen atoms in total. The number of hydrogen-bond acceptors (Lipinski definition) is 4. The maximum atomic E-state index is 13.2. The summed E-state index contributed by atoms with van der Waals surface area (Å²) in [5.74, 6) is -0.180. The second-order valence-corrected chi connectivity index (χ2v) is 8.45. The molecular weight excluding hydrogens is 410 g/mol. The molecule has 0 spiro atoms. The van der Waals surface area contributed by atoms with Crippen LogP contribution < -0.4 is 5.32 Å². The van der Waals surface area contributed by atoms with Gasteiger partial charge >= 0.3 is 0 Å². The number of nitrogens with zero attached hydrogens (tertiary/aromatic N) is 4. The van der Waals surface area contributed by atoms with E-state index in [1.807, 2.05) is 53.3 Å². The van der Waals surface area contributed by atoms with E-state index in [9.17, 15) is 4.79 Å². The molecule has 0 atom stereocenters. The van der Waals surface area contributed by atoms with Crippen LogP contribution in [0.3, 0.4) is 0 Å². The van der Waals surface area contributed by atoms with Crippen molar-refractivity contribution >= 4 is 11.6 Å². The first-order chi connectivity index (χ1) is 16.2. The van der Waals surface area contributed by atoms with Crippen molar-refractivity contribution in [1.82, 2.24) is 19.7 Å². The number of aromatic nitrogens is 3. The summed E-state index contributed by atoms with van der Waals surface area (Å²) < 4.78 is 1.81. The molecule has 1 amide bonds. The largest absolute Gasteiger partial charge is 0.322 e. The van der Waals surface area contributed by atoms with Gasteiger partial charge in [-0.3, -0.25) is 19.4 Å². The second-order valence-electron chi connectivity index (χ2n) is 8.45. The predicted octanol–water partition coefficient (Wildman–Crippen LogP) is 4.84. The fourth-order valence-electron chi connectivity index (χ4n) is 4.25. The van der Waals surface area contributed by atoms with Crippen LogP contribution in [-0.4, -0.2) is 38.7 Å². The van der Waals surface area contributed by atoms with Crippen molar-refractivity contribution in [2.24, 2.45) is 0 Å².